The summed E-state index contributed by atoms with van der Waals surface area (Å²) < 4.78 is 0. The monoisotopic (exact) mass is 233 g/mol. The quantitative estimate of drug-likeness (QED) is 0.790. The van der Waals surface area contributed by atoms with Gasteiger partial charge in [0.1, 0.15) is 0 Å². The maximum atomic E-state index is 5.87. The van der Waals surface area contributed by atoms with Crippen molar-refractivity contribution in [2.24, 2.45) is 17.6 Å². The summed E-state index contributed by atoms with van der Waals surface area (Å²) in [6.07, 6.45) is 2.35. The van der Waals surface area contributed by atoms with Crippen molar-refractivity contribution in [2.45, 2.75) is 46.5 Å². The minimum atomic E-state index is 0.517. The van der Waals surface area contributed by atoms with Gasteiger partial charge in [0.15, 0.2) is 0 Å². The van der Waals surface area contributed by atoms with Crippen LogP contribution in [0.25, 0.3) is 0 Å². The highest BCUT2D eigenvalue weighted by Gasteiger charge is 2.11. The molecular formula is C16H27N. The SMILES string of the molecule is CC(C)Cc1ccc(C(CN)CC(C)C)cc1. The van der Waals surface area contributed by atoms with E-state index in [1.54, 1.807) is 0 Å². The molecule has 0 radical (unpaired) electrons. The molecule has 1 nitrogen and oxygen atoms in total. The van der Waals surface area contributed by atoms with Gasteiger partial charge in [-0.15, -0.1) is 0 Å². The number of rotatable bonds is 6. The van der Waals surface area contributed by atoms with Gasteiger partial charge in [-0.3, -0.25) is 0 Å². The average Bonchev–Trinajstić information content (AvgIpc) is 2.26. The predicted molar refractivity (Wildman–Crippen MR) is 76.2 cm³/mol. The second-order valence-corrected chi connectivity index (χ2v) is 5.90. The molecule has 1 unspecified atom stereocenters. The van der Waals surface area contributed by atoms with Gasteiger partial charge in [-0.05, 0) is 48.3 Å². The molecule has 1 aromatic rings. The van der Waals surface area contributed by atoms with E-state index in [2.05, 4.69) is 52.0 Å². The lowest BCUT2D eigenvalue weighted by molar-refractivity contribution is 0.504. The second-order valence-electron chi connectivity index (χ2n) is 5.90. The molecule has 2 N–H and O–H groups in total. The van der Waals surface area contributed by atoms with Crippen molar-refractivity contribution in [2.75, 3.05) is 6.54 Å². The molecule has 1 heteroatoms. The first kappa shape index (κ1) is 14.2. The number of hydrogen-bond donors (Lipinski definition) is 1. The van der Waals surface area contributed by atoms with Gasteiger partial charge in [-0.25, -0.2) is 0 Å². The predicted octanol–water partition coefficient (Wildman–Crippen LogP) is 3.97. The van der Waals surface area contributed by atoms with Crippen LogP contribution in [0.5, 0.6) is 0 Å². The first-order valence-electron chi connectivity index (χ1n) is 6.81. The summed E-state index contributed by atoms with van der Waals surface area (Å²) in [5.41, 5.74) is 8.70. The molecule has 1 rings (SSSR count). The smallest absolute Gasteiger partial charge is 0.000814 e. The Morgan fingerprint density at radius 3 is 1.94 bits per heavy atom. The van der Waals surface area contributed by atoms with Gasteiger partial charge in [-0.1, -0.05) is 52.0 Å². The van der Waals surface area contributed by atoms with Crippen LogP contribution in [-0.4, -0.2) is 6.54 Å². The minimum Gasteiger partial charge on any atom is -0.330 e. The number of hydrogen-bond acceptors (Lipinski definition) is 1. The normalized spacial score (nSPS) is 13.4. The molecule has 0 heterocycles. The van der Waals surface area contributed by atoms with Crippen molar-refractivity contribution in [3.63, 3.8) is 0 Å². The maximum absolute atomic E-state index is 5.87. The van der Waals surface area contributed by atoms with Gasteiger partial charge in [0.05, 0.1) is 0 Å². The zero-order chi connectivity index (χ0) is 12.8. The summed E-state index contributed by atoms with van der Waals surface area (Å²) in [6.45, 7) is 9.79. The molecular weight excluding hydrogens is 206 g/mol. The van der Waals surface area contributed by atoms with E-state index in [9.17, 15) is 0 Å². The molecule has 0 bridgehead atoms. The fourth-order valence-electron chi connectivity index (χ4n) is 2.33. The molecule has 0 aliphatic rings. The first-order valence-corrected chi connectivity index (χ1v) is 6.81. The molecule has 1 atom stereocenters. The average molecular weight is 233 g/mol. The summed E-state index contributed by atoms with van der Waals surface area (Å²) in [5, 5.41) is 0. The molecule has 96 valence electrons. The third-order valence-corrected chi connectivity index (χ3v) is 3.14. The molecule has 0 saturated carbocycles. The minimum absolute atomic E-state index is 0.517. The van der Waals surface area contributed by atoms with Crippen molar-refractivity contribution >= 4 is 0 Å². The summed E-state index contributed by atoms with van der Waals surface area (Å²) >= 11 is 0. The molecule has 0 amide bonds. The summed E-state index contributed by atoms with van der Waals surface area (Å²) in [4.78, 5) is 0. The van der Waals surface area contributed by atoms with E-state index in [1.165, 1.54) is 17.5 Å². The number of benzene rings is 1. The van der Waals surface area contributed by atoms with Crippen LogP contribution in [0, 0.1) is 11.8 Å². The lowest BCUT2D eigenvalue weighted by Gasteiger charge is -2.18. The van der Waals surface area contributed by atoms with E-state index in [0.717, 1.165) is 18.9 Å². The molecule has 17 heavy (non-hydrogen) atoms. The fraction of sp³-hybridized carbons (Fsp3) is 0.625. The van der Waals surface area contributed by atoms with E-state index in [-0.39, 0.29) is 0 Å². The van der Waals surface area contributed by atoms with Crippen LogP contribution in [-0.2, 0) is 6.42 Å². The van der Waals surface area contributed by atoms with Crippen LogP contribution in [0.15, 0.2) is 24.3 Å². The molecule has 0 saturated heterocycles. The van der Waals surface area contributed by atoms with E-state index in [4.69, 9.17) is 5.73 Å². The van der Waals surface area contributed by atoms with E-state index < -0.39 is 0 Å². The van der Waals surface area contributed by atoms with Crippen LogP contribution < -0.4 is 5.73 Å². The Hall–Kier alpha value is -0.820. The lowest BCUT2D eigenvalue weighted by atomic mass is 9.89. The molecule has 0 fully saturated rings. The third kappa shape index (κ3) is 4.91. The van der Waals surface area contributed by atoms with Crippen molar-refractivity contribution in [1.82, 2.24) is 0 Å². The van der Waals surface area contributed by atoms with Gasteiger partial charge >= 0.3 is 0 Å². The van der Waals surface area contributed by atoms with E-state index >= 15 is 0 Å². The first-order chi connectivity index (χ1) is 8.02. The Morgan fingerprint density at radius 1 is 0.941 bits per heavy atom. The maximum Gasteiger partial charge on any atom is -0.000814 e. The van der Waals surface area contributed by atoms with Gasteiger partial charge in [-0.2, -0.15) is 0 Å². The van der Waals surface area contributed by atoms with Crippen LogP contribution in [0.3, 0.4) is 0 Å². The summed E-state index contributed by atoms with van der Waals surface area (Å²) in [7, 11) is 0. The highest BCUT2D eigenvalue weighted by Crippen LogP contribution is 2.23. The van der Waals surface area contributed by atoms with Crippen LogP contribution in [0.1, 0.15) is 51.2 Å². The van der Waals surface area contributed by atoms with Gasteiger partial charge < -0.3 is 5.73 Å². The highest BCUT2D eigenvalue weighted by atomic mass is 14.5. The zero-order valence-electron chi connectivity index (χ0n) is 11.7. The Labute approximate surface area is 106 Å². The van der Waals surface area contributed by atoms with Gasteiger partial charge in [0.25, 0.3) is 0 Å². The van der Waals surface area contributed by atoms with Crippen molar-refractivity contribution in [1.29, 1.82) is 0 Å². The molecule has 1 aromatic carbocycles. The Bertz CT molecular complexity index is 311. The van der Waals surface area contributed by atoms with E-state index in [0.29, 0.717) is 11.8 Å². The standard InChI is InChI=1S/C16H27N/c1-12(2)9-14-5-7-15(8-6-14)16(11-17)10-13(3)4/h5-8,12-13,16H,9-11,17H2,1-4H3. The Morgan fingerprint density at radius 2 is 1.53 bits per heavy atom. The van der Waals surface area contributed by atoms with Crippen LogP contribution in [0.2, 0.25) is 0 Å². The Kier molecular flexibility index (Phi) is 5.70. The largest absolute Gasteiger partial charge is 0.330 e. The van der Waals surface area contributed by atoms with Crippen LogP contribution in [0.4, 0.5) is 0 Å². The highest BCUT2D eigenvalue weighted by molar-refractivity contribution is 5.26. The third-order valence-electron chi connectivity index (χ3n) is 3.14. The topological polar surface area (TPSA) is 26.0 Å². The molecule has 0 aromatic heterocycles. The Balaban J connectivity index is 2.70. The van der Waals surface area contributed by atoms with Crippen LogP contribution >= 0.6 is 0 Å². The van der Waals surface area contributed by atoms with Crippen molar-refractivity contribution < 1.29 is 0 Å². The van der Waals surface area contributed by atoms with Crippen molar-refractivity contribution in [3.8, 4) is 0 Å². The lowest BCUT2D eigenvalue weighted by Crippen LogP contribution is -2.14. The molecule has 0 aliphatic carbocycles. The second kappa shape index (κ2) is 6.80. The molecule has 0 aliphatic heterocycles. The van der Waals surface area contributed by atoms with Gasteiger partial charge in [0, 0.05) is 0 Å². The summed E-state index contributed by atoms with van der Waals surface area (Å²) in [5.74, 6) is 1.95. The van der Waals surface area contributed by atoms with E-state index in [1.807, 2.05) is 0 Å². The van der Waals surface area contributed by atoms with Gasteiger partial charge in [0.2, 0.25) is 0 Å². The zero-order valence-corrected chi connectivity index (χ0v) is 11.7. The fourth-order valence-corrected chi connectivity index (χ4v) is 2.33. The van der Waals surface area contributed by atoms with Crippen molar-refractivity contribution in [3.05, 3.63) is 35.4 Å². The number of nitrogens with two attached hydrogens (primary N) is 1. The summed E-state index contributed by atoms with van der Waals surface area (Å²) in [6, 6.07) is 9.05. The molecule has 0 spiro atoms.